The molecule has 8 heteroatoms. The third kappa shape index (κ3) is 3.19. The number of nitrogens with zero attached hydrogens (tertiary/aromatic N) is 2. The summed E-state index contributed by atoms with van der Waals surface area (Å²) in [5, 5.41) is 0.988. The molecule has 3 unspecified atom stereocenters. The van der Waals surface area contributed by atoms with E-state index in [4.69, 9.17) is 0 Å². The second-order valence-electron chi connectivity index (χ2n) is 5.35. The second kappa shape index (κ2) is 6.27. The number of carbonyl (C=O) groups is 1. The van der Waals surface area contributed by atoms with E-state index in [2.05, 4.69) is 8.93 Å². The van der Waals surface area contributed by atoms with Crippen LogP contribution < -0.4 is 0 Å². The zero-order valence-corrected chi connectivity index (χ0v) is 15.9. The minimum Gasteiger partial charge on any atom is -0.350 e. The average molecular weight is 358 g/mol. The Labute approximate surface area is 134 Å². The monoisotopic (exact) mass is 358 g/mol. The van der Waals surface area contributed by atoms with Crippen molar-refractivity contribution in [3.63, 3.8) is 0 Å². The lowest BCUT2D eigenvalue weighted by Gasteiger charge is -2.24. The van der Waals surface area contributed by atoms with Crippen LogP contribution in [0.4, 0.5) is 0 Å². The molecule has 2 rings (SSSR count). The highest BCUT2D eigenvalue weighted by atomic mass is 32.2. The first-order valence-corrected chi connectivity index (χ1v) is 12.0. The molecule has 0 aliphatic heterocycles. The van der Waals surface area contributed by atoms with Crippen LogP contribution in [0.3, 0.4) is 0 Å². The predicted octanol–water partition coefficient (Wildman–Crippen LogP) is 2.54. The van der Waals surface area contributed by atoms with E-state index in [-0.39, 0.29) is 5.91 Å². The fourth-order valence-corrected chi connectivity index (χ4v) is 4.99. The largest absolute Gasteiger partial charge is 0.350 e. The third-order valence-corrected chi connectivity index (χ3v) is 7.05. The summed E-state index contributed by atoms with van der Waals surface area (Å²) in [7, 11) is 1.59. The number of sulfonamides is 1. The van der Waals surface area contributed by atoms with Gasteiger partial charge in [-0.15, -0.1) is 8.93 Å². The zero-order valence-electron chi connectivity index (χ0n) is 13.0. The first-order valence-electron chi connectivity index (χ1n) is 6.64. The quantitative estimate of drug-likeness (QED) is 0.789. The fourth-order valence-electron chi connectivity index (χ4n) is 2.45. The Bertz CT molecular complexity index is 815. The maximum absolute atomic E-state index is 12.7. The van der Waals surface area contributed by atoms with Gasteiger partial charge >= 0.3 is 0 Å². The fraction of sp³-hybridized carbons (Fsp3) is 0.357. The van der Waals surface area contributed by atoms with E-state index in [9.17, 15) is 13.2 Å². The van der Waals surface area contributed by atoms with Gasteiger partial charge in [-0.1, -0.05) is 25.8 Å². The van der Waals surface area contributed by atoms with E-state index < -0.39 is 23.3 Å². The van der Waals surface area contributed by atoms with Crippen molar-refractivity contribution in [1.82, 2.24) is 8.87 Å². The minimum atomic E-state index is -3.56. The highest BCUT2D eigenvalue weighted by Gasteiger charge is 2.32. The summed E-state index contributed by atoms with van der Waals surface area (Å²) >= 11 is 0. The maximum Gasteiger partial charge on any atom is 0.248 e. The lowest BCUT2D eigenvalue weighted by atomic mass is 10.1. The number of likely N-dealkylation sites (N-methyl/N-ethyl adjacent to an activating group) is 1. The Morgan fingerprint density at radius 1 is 1.36 bits per heavy atom. The Morgan fingerprint density at radius 3 is 2.50 bits per heavy atom. The smallest absolute Gasteiger partial charge is 0.248 e. The van der Waals surface area contributed by atoms with Crippen LogP contribution in [-0.4, -0.2) is 43.2 Å². The van der Waals surface area contributed by atoms with Crippen molar-refractivity contribution in [3.8, 4) is 0 Å². The number of aromatic nitrogens is 1. The molecular formula is C14H20N2O3P2S. The van der Waals surface area contributed by atoms with Gasteiger partial charge in [0.1, 0.15) is 0 Å². The van der Waals surface area contributed by atoms with E-state index in [1.54, 1.807) is 0 Å². The molecule has 1 aromatic heterocycles. The van der Waals surface area contributed by atoms with E-state index in [0.29, 0.717) is 0 Å². The summed E-state index contributed by atoms with van der Waals surface area (Å²) in [5.41, 5.74) is 1.44. The van der Waals surface area contributed by atoms with Gasteiger partial charge in [0.25, 0.3) is 0 Å². The first-order chi connectivity index (χ1) is 10.1. The molecule has 0 saturated carbocycles. The number of amides is 1. The molecule has 120 valence electrons. The van der Waals surface area contributed by atoms with E-state index in [1.165, 1.54) is 7.05 Å². The van der Waals surface area contributed by atoms with Gasteiger partial charge in [-0.25, -0.2) is 12.7 Å². The van der Waals surface area contributed by atoms with Crippen LogP contribution in [-0.2, 0) is 21.9 Å². The minimum absolute atomic E-state index is 0.387. The summed E-state index contributed by atoms with van der Waals surface area (Å²) in [6, 6.07) is 7.83. The van der Waals surface area contributed by atoms with E-state index in [0.717, 1.165) is 27.0 Å². The molecule has 22 heavy (non-hydrogen) atoms. The number of carbonyl (C=O) groups excluding carboxylic acids is 1. The first kappa shape index (κ1) is 17.4. The zero-order chi connectivity index (χ0) is 16.7. The van der Waals surface area contributed by atoms with Crippen molar-refractivity contribution in [2.24, 2.45) is 7.05 Å². The molecule has 1 aromatic carbocycles. The van der Waals surface area contributed by atoms with Crippen LogP contribution >= 0.6 is 16.5 Å². The van der Waals surface area contributed by atoms with Crippen molar-refractivity contribution in [3.05, 3.63) is 36.0 Å². The number of hydrogen-bond acceptors (Lipinski definition) is 3. The van der Waals surface area contributed by atoms with Gasteiger partial charge in [-0.05, 0) is 18.3 Å². The number of para-hydroxylation sites is 1. The van der Waals surface area contributed by atoms with Gasteiger partial charge in [0.05, 0.1) is 11.9 Å². The molecule has 0 N–H and O–H groups in total. The lowest BCUT2D eigenvalue weighted by Crippen LogP contribution is -2.35. The van der Waals surface area contributed by atoms with Crippen LogP contribution in [0.15, 0.2) is 30.5 Å². The van der Waals surface area contributed by atoms with E-state index >= 15 is 0 Å². The standard InChI is InChI=1S/C14H20N2O3P2S/c1-15-9-11(10-7-5-6-8-12(10)15)13(21(3)20)14(17)16(2)22(4,18)19/h5-9,13H,20H2,1-4H3. The van der Waals surface area contributed by atoms with Gasteiger partial charge in [0, 0.05) is 31.2 Å². The molecule has 0 fully saturated rings. The van der Waals surface area contributed by atoms with E-state index in [1.807, 2.05) is 48.7 Å². The van der Waals surface area contributed by atoms with Crippen molar-refractivity contribution in [2.45, 2.75) is 5.66 Å². The summed E-state index contributed by atoms with van der Waals surface area (Å²) in [5.74, 6) is -0.387. The number of rotatable bonds is 4. The van der Waals surface area contributed by atoms with Crippen LogP contribution in [0.25, 0.3) is 10.9 Å². The summed E-state index contributed by atoms with van der Waals surface area (Å²) in [4.78, 5) is 12.7. The highest BCUT2D eigenvalue weighted by Crippen LogP contribution is 2.56. The number of hydrogen-bond donors (Lipinski definition) is 0. The van der Waals surface area contributed by atoms with Crippen LogP contribution in [0.5, 0.6) is 0 Å². The van der Waals surface area contributed by atoms with Gasteiger partial charge in [0.15, 0.2) is 0 Å². The topological polar surface area (TPSA) is 59.4 Å². The molecule has 3 atom stereocenters. The molecule has 1 heterocycles. The average Bonchev–Trinajstić information content (AvgIpc) is 2.74. The van der Waals surface area contributed by atoms with Crippen molar-refractivity contribution >= 4 is 43.4 Å². The molecule has 1 amide bonds. The van der Waals surface area contributed by atoms with Gasteiger partial charge in [-0.2, -0.15) is 0 Å². The maximum atomic E-state index is 12.7. The number of aryl methyl sites for hydroxylation is 1. The SMILES string of the molecule is CN(C(=O)C(c1cn(C)c2ccccc12)P(C)P)S(C)(=O)=O. The molecule has 0 aliphatic rings. The van der Waals surface area contributed by atoms with Gasteiger partial charge in [0.2, 0.25) is 15.9 Å². The second-order valence-corrected chi connectivity index (χ2v) is 11.7. The molecule has 2 aromatic rings. The van der Waals surface area contributed by atoms with Crippen molar-refractivity contribution in [1.29, 1.82) is 0 Å². The molecule has 0 spiro atoms. The lowest BCUT2D eigenvalue weighted by molar-refractivity contribution is -0.125. The molecule has 0 aliphatic carbocycles. The molecule has 5 nitrogen and oxygen atoms in total. The molecule has 0 radical (unpaired) electrons. The Morgan fingerprint density at radius 2 is 1.95 bits per heavy atom. The van der Waals surface area contributed by atoms with Crippen LogP contribution in [0, 0.1) is 0 Å². The summed E-state index contributed by atoms with van der Waals surface area (Å²) in [6.07, 6.45) is 2.97. The van der Waals surface area contributed by atoms with Crippen LogP contribution in [0.2, 0.25) is 0 Å². The third-order valence-electron chi connectivity index (χ3n) is 3.67. The van der Waals surface area contributed by atoms with Crippen molar-refractivity contribution < 1.29 is 13.2 Å². The highest BCUT2D eigenvalue weighted by molar-refractivity contribution is 8.13. The number of fused-ring (bicyclic) bond motifs is 1. The molecule has 0 saturated heterocycles. The summed E-state index contributed by atoms with van der Waals surface area (Å²) in [6.45, 7) is 1.96. The Balaban J connectivity index is 2.59. The molecular weight excluding hydrogens is 338 g/mol. The Hall–Kier alpha value is -0.960. The summed E-state index contributed by atoms with van der Waals surface area (Å²) < 4.78 is 26.2. The Kier molecular flexibility index (Phi) is 4.96. The van der Waals surface area contributed by atoms with Crippen LogP contribution in [0.1, 0.15) is 11.2 Å². The van der Waals surface area contributed by atoms with Gasteiger partial charge < -0.3 is 4.57 Å². The molecule has 0 bridgehead atoms. The normalized spacial score (nSPS) is 14.8. The predicted molar refractivity (Wildman–Crippen MR) is 95.8 cm³/mol. The van der Waals surface area contributed by atoms with Crippen molar-refractivity contribution in [2.75, 3.05) is 20.0 Å². The number of benzene rings is 1. The van der Waals surface area contributed by atoms with Gasteiger partial charge in [-0.3, -0.25) is 4.79 Å².